The molecule has 3 atom stereocenters. The van der Waals surface area contributed by atoms with E-state index in [0.29, 0.717) is 11.8 Å². The molecule has 0 aromatic heterocycles. The van der Waals surface area contributed by atoms with Crippen molar-refractivity contribution in [3.05, 3.63) is 35.9 Å². The van der Waals surface area contributed by atoms with Gasteiger partial charge in [0.05, 0.1) is 12.5 Å². The minimum absolute atomic E-state index is 0. The molecule has 0 saturated heterocycles. The van der Waals surface area contributed by atoms with Gasteiger partial charge in [0.1, 0.15) is 0 Å². The number of rotatable bonds is 5. The van der Waals surface area contributed by atoms with E-state index >= 15 is 0 Å². The maximum absolute atomic E-state index is 12.7. The Morgan fingerprint density at radius 1 is 1.15 bits per heavy atom. The number of halogens is 1. The summed E-state index contributed by atoms with van der Waals surface area (Å²) >= 11 is 0. The average molecular weight is 380 g/mol. The minimum Gasteiger partial charge on any atom is -0.353 e. The first-order valence-corrected chi connectivity index (χ1v) is 9.40. The second kappa shape index (κ2) is 9.38. The topological polar surface area (TPSA) is 84.2 Å². The van der Waals surface area contributed by atoms with Gasteiger partial charge >= 0.3 is 0 Å². The fourth-order valence-corrected chi connectivity index (χ4v) is 4.64. The van der Waals surface area contributed by atoms with Gasteiger partial charge in [0, 0.05) is 19.0 Å². The van der Waals surface area contributed by atoms with Crippen molar-refractivity contribution in [2.24, 2.45) is 17.6 Å². The van der Waals surface area contributed by atoms with E-state index in [2.05, 4.69) is 10.6 Å². The normalized spacial score (nSPS) is 28.4. The summed E-state index contributed by atoms with van der Waals surface area (Å²) in [7, 11) is 0. The van der Waals surface area contributed by atoms with E-state index in [1.54, 1.807) is 0 Å². The monoisotopic (exact) mass is 379 g/mol. The van der Waals surface area contributed by atoms with Crippen LogP contribution < -0.4 is 16.4 Å². The van der Waals surface area contributed by atoms with Crippen molar-refractivity contribution in [1.29, 1.82) is 0 Å². The molecular weight excluding hydrogens is 350 g/mol. The fraction of sp³-hybridized carbons (Fsp3) is 0.600. The van der Waals surface area contributed by atoms with Crippen LogP contribution in [0.2, 0.25) is 0 Å². The Hall–Kier alpha value is -1.59. The Morgan fingerprint density at radius 2 is 1.77 bits per heavy atom. The second-order valence-electron chi connectivity index (χ2n) is 7.64. The third-order valence-electron chi connectivity index (χ3n) is 5.67. The molecule has 0 heterocycles. The molecule has 3 unspecified atom stereocenters. The van der Waals surface area contributed by atoms with E-state index in [1.165, 1.54) is 13.3 Å². The van der Waals surface area contributed by atoms with E-state index in [-0.39, 0.29) is 48.8 Å². The van der Waals surface area contributed by atoms with Crippen molar-refractivity contribution < 1.29 is 9.59 Å². The summed E-state index contributed by atoms with van der Waals surface area (Å²) in [5, 5.41) is 6.17. The van der Waals surface area contributed by atoms with E-state index in [0.717, 1.165) is 31.2 Å². The summed E-state index contributed by atoms with van der Waals surface area (Å²) in [4.78, 5) is 24.2. The lowest BCUT2D eigenvalue weighted by Crippen LogP contribution is -2.54. The highest BCUT2D eigenvalue weighted by atomic mass is 35.5. The van der Waals surface area contributed by atoms with Crippen LogP contribution in [0.25, 0.3) is 0 Å². The van der Waals surface area contributed by atoms with Crippen molar-refractivity contribution >= 4 is 24.2 Å². The third kappa shape index (κ3) is 5.21. The summed E-state index contributed by atoms with van der Waals surface area (Å²) in [5.74, 6) is 0.895. The highest BCUT2D eigenvalue weighted by Gasteiger charge is 2.40. The molecule has 2 amide bonds. The van der Waals surface area contributed by atoms with Crippen LogP contribution in [-0.4, -0.2) is 23.9 Å². The molecule has 144 valence electrons. The van der Waals surface area contributed by atoms with Gasteiger partial charge in [-0.1, -0.05) is 36.8 Å². The van der Waals surface area contributed by atoms with Crippen LogP contribution in [0.15, 0.2) is 30.3 Å². The minimum atomic E-state index is -0.288. The van der Waals surface area contributed by atoms with Crippen LogP contribution in [0.3, 0.4) is 0 Å². The molecule has 0 spiro atoms. The van der Waals surface area contributed by atoms with Gasteiger partial charge in [-0.2, -0.15) is 0 Å². The van der Waals surface area contributed by atoms with Crippen LogP contribution in [0.1, 0.15) is 57.1 Å². The second-order valence-corrected chi connectivity index (χ2v) is 7.64. The average Bonchev–Trinajstić information content (AvgIpc) is 2.55. The van der Waals surface area contributed by atoms with Gasteiger partial charge < -0.3 is 16.4 Å². The van der Waals surface area contributed by atoms with Crippen LogP contribution >= 0.6 is 12.4 Å². The molecular formula is C20H30ClN3O2. The summed E-state index contributed by atoms with van der Waals surface area (Å²) in [5.41, 5.74) is 7.13. The number of benzene rings is 1. The molecule has 2 aliphatic rings. The lowest BCUT2D eigenvalue weighted by Gasteiger charge is -2.45. The van der Waals surface area contributed by atoms with Crippen LogP contribution in [-0.2, 0) is 9.59 Å². The Morgan fingerprint density at radius 3 is 2.35 bits per heavy atom. The predicted octanol–water partition coefficient (Wildman–Crippen LogP) is 2.70. The molecule has 0 aliphatic heterocycles. The highest BCUT2D eigenvalue weighted by Crippen LogP contribution is 2.39. The summed E-state index contributed by atoms with van der Waals surface area (Å²) in [6, 6.07) is 9.91. The largest absolute Gasteiger partial charge is 0.353 e. The SMILES string of the molecule is CC(=O)NC(CC(=O)NC1C2CCCC1CC(N)C2)c1ccccc1.Cl. The van der Waals surface area contributed by atoms with Crippen molar-refractivity contribution in [1.82, 2.24) is 10.6 Å². The van der Waals surface area contributed by atoms with Crippen molar-refractivity contribution in [3.63, 3.8) is 0 Å². The molecule has 26 heavy (non-hydrogen) atoms. The molecule has 5 nitrogen and oxygen atoms in total. The molecule has 3 rings (SSSR count). The standard InChI is InChI=1S/C20H29N3O2.ClH/c1-13(24)22-18(14-6-3-2-4-7-14)12-19(25)23-20-15-8-5-9-16(20)11-17(21)10-15;/h2-4,6-7,15-18,20H,5,8-12,21H2,1H3,(H,22,24)(H,23,25);1H. The van der Waals surface area contributed by atoms with E-state index in [1.807, 2.05) is 30.3 Å². The molecule has 1 aromatic rings. The molecule has 2 aliphatic carbocycles. The zero-order chi connectivity index (χ0) is 17.8. The van der Waals surface area contributed by atoms with Gasteiger partial charge in [-0.3, -0.25) is 9.59 Å². The predicted molar refractivity (Wildman–Crippen MR) is 105 cm³/mol. The smallest absolute Gasteiger partial charge is 0.222 e. The number of fused-ring (bicyclic) bond motifs is 2. The number of amides is 2. The lowest BCUT2D eigenvalue weighted by atomic mass is 9.67. The number of nitrogens with one attached hydrogen (secondary N) is 2. The first kappa shape index (κ1) is 20.7. The molecule has 2 bridgehead atoms. The first-order valence-electron chi connectivity index (χ1n) is 9.40. The number of nitrogens with two attached hydrogens (primary N) is 1. The van der Waals surface area contributed by atoms with Crippen LogP contribution in [0.5, 0.6) is 0 Å². The number of carbonyl (C=O) groups is 2. The third-order valence-corrected chi connectivity index (χ3v) is 5.67. The number of hydrogen-bond acceptors (Lipinski definition) is 3. The van der Waals surface area contributed by atoms with E-state index < -0.39 is 0 Å². The Balaban J connectivity index is 0.00000243. The molecule has 1 aromatic carbocycles. The molecule has 6 heteroatoms. The maximum atomic E-state index is 12.7. The van der Waals surface area contributed by atoms with Gasteiger partial charge in [0.15, 0.2) is 0 Å². The molecule has 0 radical (unpaired) electrons. The first-order chi connectivity index (χ1) is 12.0. The van der Waals surface area contributed by atoms with Gasteiger partial charge in [-0.25, -0.2) is 0 Å². The van der Waals surface area contributed by atoms with Crippen LogP contribution in [0, 0.1) is 11.8 Å². The highest BCUT2D eigenvalue weighted by molar-refractivity contribution is 5.85. The van der Waals surface area contributed by atoms with E-state index in [9.17, 15) is 9.59 Å². The molecule has 4 N–H and O–H groups in total. The Labute approximate surface area is 161 Å². The zero-order valence-electron chi connectivity index (χ0n) is 15.3. The van der Waals surface area contributed by atoms with Crippen molar-refractivity contribution in [3.8, 4) is 0 Å². The van der Waals surface area contributed by atoms with Crippen LogP contribution in [0.4, 0.5) is 0 Å². The van der Waals surface area contributed by atoms with Gasteiger partial charge in [0.2, 0.25) is 11.8 Å². The van der Waals surface area contributed by atoms with Crippen molar-refractivity contribution in [2.45, 2.75) is 63.6 Å². The Kier molecular flexibility index (Phi) is 7.47. The fourth-order valence-electron chi connectivity index (χ4n) is 4.64. The van der Waals surface area contributed by atoms with Gasteiger partial charge in [-0.15, -0.1) is 12.4 Å². The number of hydrogen-bond donors (Lipinski definition) is 3. The van der Waals surface area contributed by atoms with E-state index in [4.69, 9.17) is 5.73 Å². The molecule has 2 saturated carbocycles. The van der Waals surface area contributed by atoms with Gasteiger partial charge in [0.25, 0.3) is 0 Å². The summed E-state index contributed by atoms with van der Waals surface area (Å²) < 4.78 is 0. The molecule has 2 fully saturated rings. The summed E-state index contributed by atoms with van der Waals surface area (Å²) in [6.45, 7) is 1.49. The quantitative estimate of drug-likeness (QED) is 0.735. The lowest BCUT2D eigenvalue weighted by molar-refractivity contribution is -0.124. The van der Waals surface area contributed by atoms with Crippen molar-refractivity contribution in [2.75, 3.05) is 0 Å². The zero-order valence-corrected chi connectivity index (χ0v) is 16.1. The Bertz CT molecular complexity index is 596. The van der Waals surface area contributed by atoms with Gasteiger partial charge in [-0.05, 0) is 43.1 Å². The number of carbonyl (C=O) groups excluding carboxylic acids is 2. The maximum Gasteiger partial charge on any atom is 0.222 e. The summed E-state index contributed by atoms with van der Waals surface area (Å²) in [6.07, 6.45) is 5.84.